The molecule has 2 aromatic carbocycles. The van der Waals surface area contributed by atoms with Gasteiger partial charge >= 0.3 is 0 Å². The van der Waals surface area contributed by atoms with Gasteiger partial charge in [0.2, 0.25) is 0 Å². The van der Waals surface area contributed by atoms with Crippen LogP contribution < -0.4 is 10.9 Å². The fraction of sp³-hybridized carbons (Fsp3) is 0.250. The summed E-state index contributed by atoms with van der Waals surface area (Å²) in [5.41, 5.74) is 3.76. The van der Waals surface area contributed by atoms with E-state index in [-0.39, 0.29) is 23.2 Å². The highest BCUT2D eigenvalue weighted by Gasteiger charge is 2.24. The smallest absolute Gasteiger partial charge is 0.272 e. The number of nitrogens with one attached hydrogen (secondary N) is 2. The summed E-state index contributed by atoms with van der Waals surface area (Å²) >= 11 is 0. The van der Waals surface area contributed by atoms with Crippen molar-refractivity contribution >= 4 is 16.7 Å². The number of aromatic nitrogens is 2. The number of fused-ring (bicyclic) bond motifs is 2. The van der Waals surface area contributed by atoms with Gasteiger partial charge in [-0.05, 0) is 48.9 Å². The van der Waals surface area contributed by atoms with Crippen LogP contribution in [0.2, 0.25) is 0 Å². The Kier molecular flexibility index (Phi) is 3.84. The number of aryl methyl sites for hydroxylation is 1. The first-order valence-electron chi connectivity index (χ1n) is 8.52. The molecule has 1 aliphatic rings. The van der Waals surface area contributed by atoms with Gasteiger partial charge < -0.3 is 5.32 Å². The number of benzene rings is 2. The summed E-state index contributed by atoms with van der Waals surface area (Å²) in [7, 11) is 0. The standard InChI is InChI=1S/C20H19N3O2/c1-12-6-4-10-14-13(12)9-5-11-17(14)21-20(25)18-15-7-2-3-8-16(15)19(24)23-22-18/h2-4,6-8,10,17H,5,9,11H2,1H3,(H,21,25)(H,23,24). The van der Waals surface area contributed by atoms with E-state index >= 15 is 0 Å². The van der Waals surface area contributed by atoms with E-state index in [1.54, 1.807) is 24.3 Å². The first kappa shape index (κ1) is 15.6. The van der Waals surface area contributed by atoms with E-state index in [1.807, 2.05) is 6.07 Å². The summed E-state index contributed by atoms with van der Waals surface area (Å²) in [5.74, 6) is -0.258. The Bertz CT molecular complexity index is 1020. The van der Waals surface area contributed by atoms with Gasteiger partial charge in [-0.25, -0.2) is 5.10 Å². The maximum atomic E-state index is 12.8. The van der Waals surface area contributed by atoms with Crippen LogP contribution in [-0.2, 0) is 6.42 Å². The van der Waals surface area contributed by atoms with Gasteiger partial charge in [0.15, 0.2) is 5.69 Å². The van der Waals surface area contributed by atoms with Gasteiger partial charge in [-0.3, -0.25) is 9.59 Å². The Morgan fingerprint density at radius 1 is 1.16 bits per heavy atom. The van der Waals surface area contributed by atoms with Crippen LogP contribution in [0.25, 0.3) is 10.8 Å². The van der Waals surface area contributed by atoms with E-state index in [1.165, 1.54) is 16.7 Å². The van der Waals surface area contributed by atoms with Crippen molar-refractivity contribution in [2.24, 2.45) is 0 Å². The molecule has 0 spiro atoms. The first-order chi connectivity index (χ1) is 12.1. The fourth-order valence-electron chi connectivity index (χ4n) is 3.70. The highest BCUT2D eigenvalue weighted by atomic mass is 16.2. The molecule has 1 atom stereocenters. The molecule has 5 nitrogen and oxygen atoms in total. The third kappa shape index (κ3) is 2.71. The van der Waals surface area contributed by atoms with E-state index in [2.05, 4.69) is 34.6 Å². The van der Waals surface area contributed by atoms with Crippen LogP contribution in [0.4, 0.5) is 0 Å². The minimum Gasteiger partial charge on any atom is -0.344 e. The monoisotopic (exact) mass is 333 g/mol. The number of rotatable bonds is 2. The number of aromatic amines is 1. The molecule has 0 saturated carbocycles. The van der Waals surface area contributed by atoms with Crippen LogP contribution >= 0.6 is 0 Å². The SMILES string of the molecule is Cc1cccc2c1CCCC2NC(=O)c1n[nH]c(=O)c2ccccc12. The molecule has 1 heterocycles. The Balaban J connectivity index is 1.70. The van der Waals surface area contributed by atoms with Crippen molar-refractivity contribution in [3.8, 4) is 0 Å². The van der Waals surface area contributed by atoms with Crippen molar-refractivity contribution in [1.29, 1.82) is 0 Å². The molecule has 1 aliphatic carbocycles. The predicted molar refractivity (Wildman–Crippen MR) is 96.7 cm³/mol. The van der Waals surface area contributed by atoms with Gasteiger partial charge in [0.25, 0.3) is 11.5 Å². The van der Waals surface area contributed by atoms with Crippen molar-refractivity contribution in [1.82, 2.24) is 15.5 Å². The summed E-state index contributed by atoms with van der Waals surface area (Å²) in [6.45, 7) is 2.11. The largest absolute Gasteiger partial charge is 0.344 e. The molecule has 1 unspecified atom stereocenters. The van der Waals surface area contributed by atoms with E-state index in [0.717, 1.165) is 19.3 Å². The third-order valence-electron chi connectivity index (χ3n) is 4.96. The van der Waals surface area contributed by atoms with Crippen molar-refractivity contribution in [2.45, 2.75) is 32.2 Å². The molecule has 3 aromatic rings. The highest BCUT2D eigenvalue weighted by molar-refractivity contribution is 6.04. The molecular formula is C20H19N3O2. The molecule has 25 heavy (non-hydrogen) atoms. The molecule has 0 radical (unpaired) electrons. The van der Waals surface area contributed by atoms with Gasteiger partial charge in [0.1, 0.15) is 0 Å². The van der Waals surface area contributed by atoms with E-state index in [9.17, 15) is 9.59 Å². The van der Waals surface area contributed by atoms with Crippen molar-refractivity contribution in [3.05, 3.63) is 75.2 Å². The van der Waals surface area contributed by atoms with E-state index in [0.29, 0.717) is 10.8 Å². The molecule has 5 heteroatoms. The van der Waals surface area contributed by atoms with Gasteiger partial charge in [-0.15, -0.1) is 0 Å². The number of amides is 1. The van der Waals surface area contributed by atoms with Crippen molar-refractivity contribution in [2.75, 3.05) is 0 Å². The van der Waals surface area contributed by atoms with Gasteiger partial charge in [-0.2, -0.15) is 5.10 Å². The van der Waals surface area contributed by atoms with E-state index < -0.39 is 0 Å². The van der Waals surface area contributed by atoms with Gasteiger partial charge in [0, 0.05) is 5.39 Å². The Hall–Kier alpha value is -2.95. The second-order valence-corrected chi connectivity index (χ2v) is 6.51. The lowest BCUT2D eigenvalue weighted by Crippen LogP contribution is -2.32. The molecule has 2 N–H and O–H groups in total. The average Bonchev–Trinajstić information content (AvgIpc) is 2.63. The zero-order valence-electron chi connectivity index (χ0n) is 14.0. The number of carbonyl (C=O) groups excluding carboxylic acids is 1. The normalized spacial score (nSPS) is 16.4. The maximum Gasteiger partial charge on any atom is 0.272 e. The summed E-state index contributed by atoms with van der Waals surface area (Å²) in [6, 6.07) is 13.2. The first-order valence-corrected chi connectivity index (χ1v) is 8.52. The number of nitrogens with zero attached hydrogens (tertiary/aromatic N) is 1. The summed E-state index contributed by atoms with van der Waals surface area (Å²) in [5, 5.41) is 10.6. The minimum atomic E-state index is -0.286. The second kappa shape index (κ2) is 6.16. The molecule has 0 saturated heterocycles. The zero-order valence-corrected chi connectivity index (χ0v) is 14.0. The lowest BCUT2D eigenvalue weighted by Gasteiger charge is -2.27. The third-order valence-corrected chi connectivity index (χ3v) is 4.96. The van der Waals surface area contributed by atoms with Gasteiger partial charge in [-0.1, -0.05) is 36.4 Å². The molecule has 126 valence electrons. The number of hydrogen-bond acceptors (Lipinski definition) is 3. The summed E-state index contributed by atoms with van der Waals surface area (Å²) < 4.78 is 0. The minimum absolute atomic E-state index is 0.0244. The quantitative estimate of drug-likeness (QED) is 0.757. The Labute approximate surface area is 145 Å². The fourth-order valence-corrected chi connectivity index (χ4v) is 3.70. The summed E-state index contributed by atoms with van der Waals surface area (Å²) in [6.07, 6.45) is 3.00. The van der Waals surface area contributed by atoms with E-state index in [4.69, 9.17) is 0 Å². The molecule has 0 fully saturated rings. The van der Waals surface area contributed by atoms with Crippen molar-refractivity contribution < 1.29 is 4.79 Å². The molecular weight excluding hydrogens is 314 g/mol. The average molecular weight is 333 g/mol. The van der Waals surface area contributed by atoms with Crippen LogP contribution in [0, 0.1) is 6.92 Å². The van der Waals surface area contributed by atoms with Crippen molar-refractivity contribution in [3.63, 3.8) is 0 Å². The number of H-pyrrole nitrogens is 1. The maximum absolute atomic E-state index is 12.8. The molecule has 4 rings (SSSR count). The molecule has 1 amide bonds. The van der Waals surface area contributed by atoms with Crippen LogP contribution in [0.1, 0.15) is 46.1 Å². The number of hydrogen-bond donors (Lipinski definition) is 2. The topological polar surface area (TPSA) is 74.8 Å². The second-order valence-electron chi connectivity index (χ2n) is 6.51. The Morgan fingerprint density at radius 2 is 1.96 bits per heavy atom. The lowest BCUT2D eigenvalue weighted by molar-refractivity contribution is 0.0928. The predicted octanol–water partition coefficient (Wildman–Crippen LogP) is 3.04. The van der Waals surface area contributed by atoms with Crippen LogP contribution in [0.3, 0.4) is 0 Å². The Morgan fingerprint density at radius 3 is 2.80 bits per heavy atom. The molecule has 0 aliphatic heterocycles. The van der Waals surface area contributed by atoms with Gasteiger partial charge in [0.05, 0.1) is 11.4 Å². The number of carbonyl (C=O) groups is 1. The molecule has 0 bridgehead atoms. The zero-order chi connectivity index (χ0) is 17.4. The highest BCUT2D eigenvalue weighted by Crippen LogP contribution is 2.31. The summed E-state index contributed by atoms with van der Waals surface area (Å²) in [4.78, 5) is 24.7. The lowest BCUT2D eigenvalue weighted by atomic mass is 9.85. The molecule has 1 aromatic heterocycles. The van der Waals surface area contributed by atoms with Crippen LogP contribution in [0.5, 0.6) is 0 Å². The van der Waals surface area contributed by atoms with Crippen LogP contribution in [-0.4, -0.2) is 16.1 Å². The van der Waals surface area contributed by atoms with Crippen LogP contribution in [0.15, 0.2) is 47.3 Å².